The highest BCUT2D eigenvalue weighted by Gasteiger charge is 2.40. The van der Waals surface area contributed by atoms with E-state index in [1.165, 1.54) is 13.0 Å². The van der Waals surface area contributed by atoms with Gasteiger partial charge in [0, 0.05) is 6.20 Å². The number of carbonyl (C=O) groups is 2. The Morgan fingerprint density at radius 2 is 1.89 bits per heavy atom. The zero-order chi connectivity index (χ0) is 27.1. The lowest BCUT2D eigenvalue weighted by atomic mass is 10.1. The molecule has 1 saturated heterocycles. The number of hydrogen-bond donors (Lipinski definition) is 2. The number of nitrogens with zero attached hydrogens (tertiary/aromatic N) is 3. The Hall–Kier alpha value is -4.07. The van der Waals surface area contributed by atoms with Gasteiger partial charge in [-0.05, 0) is 30.7 Å². The number of aromatic nitrogens is 2. The molecule has 37 heavy (non-hydrogen) atoms. The van der Waals surface area contributed by atoms with E-state index in [1.807, 2.05) is 0 Å². The first kappa shape index (κ1) is 26.0. The Morgan fingerprint density at radius 3 is 2.46 bits per heavy atom. The van der Waals surface area contributed by atoms with Crippen molar-refractivity contribution in [3.63, 3.8) is 0 Å². The van der Waals surface area contributed by atoms with Crippen LogP contribution in [0.4, 0.5) is 32.6 Å². The van der Waals surface area contributed by atoms with E-state index in [-0.39, 0.29) is 23.4 Å². The number of amides is 2. The van der Waals surface area contributed by atoms with Crippen LogP contribution in [0, 0.1) is 11.6 Å². The van der Waals surface area contributed by atoms with Crippen molar-refractivity contribution in [2.24, 2.45) is 0 Å². The summed E-state index contributed by atoms with van der Waals surface area (Å²) in [6, 6.07) is 2.90. The number of pyridine rings is 2. The molecule has 0 saturated carbocycles. The molecule has 1 aliphatic rings. The van der Waals surface area contributed by atoms with Crippen LogP contribution in [0.3, 0.4) is 0 Å². The van der Waals surface area contributed by atoms with Gasteiger partial charge in [-0.2, -0.15) is 13.2 Å². The summed E-state index contributed by atoms with van der Waals surface area (Å²) in [5, 5.41) is 10.6. The van der Waals surface area contributed by atoms with E-state index in [4.69, 9.17) is 4.74 Å². The Bertz CT molecular complexity index is 1420. The number of aliphatic hydroxyl groups is 1. The van der Waals surface area contributed by atoms with Crippen LogP contribution in [0.5, 0.6) is 0 Å². The van der Waals surface area contributed by atoms with E-state index in [9.17, 15) is 41.4 Å². The lowest BCUT2D eigenvalue weighted by Crippen LogP contribution is -2.46. The number of nitrogens with one attached hydrogen (secondary N) is 1. The van der Waals surface area contributed by atoms with Gasteiger partial charge in [-0.15, -0.1) is 0 Å². The molecule has 2 aromatic heterocycles. The standard InChI is InChI=1S/C23H19F5N4O5/c1-2-16(23(26,27)28)29-21(35)13-9-32(18-14(24)4-3-5-15(18)25)20-12(19(13)34)6-7-17(30-20)31-8-11(10-33)37-22(31)36/h3-7,9,11,16,33H,2,8,10H2,1H3,(H,29,35). The second kappa shape index (κ2) is 9.76. The van der Waals surface area contributed by atoms with Crippen molar-refractivity contribution >= 4 is 28.9 Å². The molecule has 1 fully saturated rings. The number of para-hydroxylation sites is 1. The lowest BCUT2D eigenvalue weighted by Gasteiger charge is -2.21. The first-order valence-electron chi connectivity index (χ1n) is 10.9. The molecule has 2 atom stereocenters. The molecule has 9 nitrogen and oxygen atoms in total. The number of fused-ring (bicyclic) bond motifs is 1. The Labute approximate surface area is 205 Å². The number of halogens is 5. The van der Waals surface area contributed by atoms with Crippen LogP contribution in [0.2, 0.25) is 0 Å². The number of ether oxygens (including phenoxy) is 1. The smallest absolute Gasteiger partial charge is 0.416 e. The van der Waals surface area contributed by atoms with Crippen molar-refractivity contribution in [1.29, 1.82) is 0 Å². The summed E-state index contributed by atoms with van der Waals surface area (Å²) in [5.41, 5.74) is -3.00. The molecule has 4 rings (SSSR count). The van der Waals surface area contributed by atoms with Gasteiger partial charge < -0.3 is 15.2 Å². The average Bonchev–Trinajstić information content (AvgIpc) is 3.23. The van der Waals surface area contributed by atoms with Crippen LogP contribution in [0.15, 0.2) is 41.3 Å². The van der Waals surface area contributed by atoms with Gasteiger partial charge in [0.2, 0.25) is 5.43 Å². The summed E-state index contributed by atoms with van der Waals surface area (Å²) in [5.74, 6) is -3.74. The summed E-state index contributed by atoms with van der Waals surface area (Å²) in [7, 11) is 0. The fraction of sp³-hybridized carbons (Fsp3) is 0.304. The monoisotopic (exact) mass is 526 g/mol. The first-order valence-corrected chi connectivity index (χ1v) is 10.9. The van der Waals surface area contributed by atoms with Crippen LogP contribution in [-0.4, -0.2) is 58.1 Å². The minimum absolute atomic E-state index is 0.0985. The second-order valence-electron chi connectivity index (χ2n) is 8.13. The highest BCUT2D eigenvalue weighted by molar-refractivity contribution is 5.98. The van der Waals surface area contributed by atoms with Crippen LogP contribution in [0.1, 0.15) is 23.7 Å². The van der Waals surface area contributed by atoms with Crippen molar-refractivity contribution in [3.8, 4) is 5.69 Å². The van der Waals surface area contributed by atoms with Crippen LogP contribution >= 0.6 is 0 Å². The van der Waals surface area contributed by atoms with Crippen molar-refractivity contribution in [2.75, 3.05) is 18.1 Å². The number of hydrogen-bond acceptors (Lipinski definition) is 6. The third kappa shape index (κ3) is 4.83. The van der Waals surface area contributed by atoms with Gasteiger partial charge >= 0.3 is 12.3 Å². The highest BCUT2D eigenvalue weighted by Crippen LogP contribution is 2.27. The van der Waals surface area contributed by atoms with E-state index in [1.54, 1.807) is 5.32 Å². The molecule has 0 aliphatic carbocycles. The maximum Gasteiger partial charge on any atom is 0.416 e. The number of aliphatic hydroxyl groups excluding tert-OH is 1. The van der Waals surface area contributed by atoms with Crippen LogP contribution < -0.4 is 15.6 Å². The van der Waals surface area contributed by atoms with Gasteiger partial charge in [0.25, 0.3) is 5.91 Å². The molecule has 14 heteroatoms. The third-order valence-corrected chi connectivity index (χ3v) is 5.72. The van der Waals surface area contributed by atoms with E-state index in [0.29, 0.717) is 6.20 Å². The molecule has 1 aromatic carbocycles. The van der Waals surface area contributed by atoms with Crippen molar-refractivity contribution in [3.05, 3.63) is 63.9 Å². The fourth-order valence-corrected chi connectivity index (χ4v) is 3.85. The summed E-state index contributed by atoms with van der Waals surface area (Å²) in [4.78, 5) is 43.2. The molecular formula is C23H19F5N4O5. The van der Waals surface area contributed by atoms with Crippen LogP contribution in [0.25, 0.3) is 16.7 Å². The third-order valence-electron chi connectivity index (χ3n) is 5.72. The molecule has 0 bridgehead atoms. The minimum Gasteiger partial charge on any atom is -0.441 e. The molecular weight excluding hydrogens is 507 g/mol. The number of cyclic esters (lactones) is 1. The lowest BCUT2D eigenvalue weighted by molar-refractivity contribution is -0.153. The number of carbonyl (C=O) groups excluding carboxylic acids is 2. The molecule has 0 spiro atoms. The number of anilines is 1. The number of benzene rings is 1. The highest BCUT2D eigenvalue weighted by atomic mass is 19.4. The van der Waals surface area contributed by atoms with Crippen LogP contribution in [-0.2, 0) is 4.74 Å². The van der Waals surface area contributed by atoms with E-state index in [2.05, 4.69) is 4.98 Å². The van der Waals surface area contributed by atoms with Gasteiger partial charge in [0.15, 0.2) is 5.65 Å². The van der Waals surface area contributed by atoms with Gasteiger partial charge in [-0.1, -0.05) is 13.0 Å². The van der Waals surface area contributed by atoms with Crippen molar-refractivity contribution in [2.45, 2.75) is 31.7 Å². The molecule has 2 amide bonds. The minimum atomic E-state index is -4.80. The Morgan fingerprint density at radius 1 is 1.22 bits per heavy atom. The Balaban J connectivity index is 1.93. The van der Waals surface area contributed by atoms with Gasteiger partial charge in [0.1, 0.15) is 40.8 Å². The van der Waals surface area contributed by atoms with Crippen molar-refractivity contribution < 1.29 is 41.4 Å². The largest absolute Gasteiger partial charge is 0.441 e. The predicted octanol–water partition coefficient (Wildman–Crippen LogP) is 3.05. The average molecular weight is 526 g/mol. The summed E-state index contributed by atoms with van der Waals surface area (Å²) < 4.78 is 74.8. The van der Waals surface area contributed by atoms with E-state index >= 15 is 0 Å². The number of rotatable bonds is 6. The Kier molecular flexibility index (Phi) is 6.86. The number of alkyl halides is 3. The normalized spacial score (nSPS) is 16.7. The zero-order valence-electron chi connectivity index (χ0n) is 19.1. The zero-order valence-corrected chi connectivity index (χ0v) is 19.1. The molecule has 3 heterocycles. The maximum absolute atomic E-state index is 14.8. The predicted molar refractivity (Wildman–Crippen MR) is 120 cm³/mol. The first-order chi connectivity index (χ1) is 17.5. The SMILES string of the molecule is CCC(NC(=O)c1cn(-c2c(F)cccc2F)c2nc(N3CC(CO)OC3=O)ccc2c1=O)C(F)(F)F. The molecule has 3 aromatic rings. The summed E-state index contributed by atoms with van der Waals surface area (Å²) in [6.07, 6.45) is -6.36. The molecule has 2 unspecified atom stereocenters. The van der Waals surface area contributed by atoms with Gasteiger partial charge in [-0.25, -0.2) is 18.6 Å². The topological polar surface area (TPSA) is 114 Å². The molecule has 2 N–H and O–H groups in total. The van der Waals surface area contributed by atoms with E-state index < -0.39 is 71.7 Å². The van der Waals surface area contributed by atoms with Crippen molar-refractivity contribution in [1.82, 2.24) is 14.9 Å². The summed E-state index contributed by atoms with van der Waals surface area (Å²) in [6.45, 7) is 0.598. The van der Waals surface area contributed by atoms with E-state index in [0.717, 1.165) is 33.7 Å². The fourth-order valence-electron chi connectivity index (χ4n) is 3.85. The molecule has 0 radical (unpaired) electrons. The summed E-state index contributed by atoms with van der Waals surface area (Å²) >= 11 is 0. The quantitative estimate of drug-likeness (QED) is 0.478. The molecule has 1 aliphatic heterocycles. The second-order valence-corrected chi connectivity index (χ2v) is 8.13. The van der Waals surface area contributed by atoms with Gasteiger partial charge in [0.05, 0.1) is 18.5 Å². The van der Waals surface area contributed by atoms with Gasteiger partial charge in [-0.3, -0.25) is 19.1 Å². The maximum atomic E-state index is 14.8. The molecule has 196 valence electrons.